The summed E-state index contributed by atoms with van der Waals surface area (Å²) in [5.41, 5.74) is 2.06. The number of aryl methyl sites for hydroxylation is 1. The van der Waals surface area contributed by atoms with Crippen molar-refractivity contribution in [2.24, 2.45) is 0 Å². The summed E-state index contributed by atoms with van der Waals surface area (Å²) in [7, 11) is 0. The Morgan fingerprint density at radius 2 is 2.09 bits per heavy atom. The summed E-state index contributed by atoms with van der Waals surface area (Å²) < 4.78 is 0. The lowest BCUT2D eigenvalue weighted by molar-refractivity contribution is 0.958. The van der Waals surface area contributed by atoms with Crippen molar-refractivity contribution in [2.45, 2.75) is 17.8 Å². The van der Waals surface area contributed by atoms with Gasteiger partial charge in [0.15, 0.2) is 5.16 Å². The van der Waals surface area contributed by atoms with Crippen LogP contribution in [0.25, 0.3) is 10.9 Å². The van der Waals surface area contributed by atoms with E-state index in [2.05, 4.69) is 25.9 Å². The number of hydrogen-bond acceptors (Lipinski definition) is 5. The first kappa shape index (κ1) is 14.3. The van der Waals surface area contributed by atoms with Gasteiger partial charge >= 0.3 is 0 Å². The summed E-state index contributed by atoms with van der Waals surface area (Å²) in [5.74, 6) is 3.66. The molecule has 0 atom stereocenters. The van der Waals surface area contributed by atoms with Crippen LogP contribution < -0.4 is 5.56 Å². The molecule has 5 nitrogen and oxygen atoms in total. The lowest BCUT2D eigenvalue weighted by Crippen LogP contribution is -2.12. The average Bonchev–Trinajstić information content (AvgIpc) is 2.55. The van der Waals surface area contributed by atoms with Gasteiger partial charge < -0.3 is 4.98 Å². The van der Waals surface area contributed by atoms with Crippen LogP contribution in [0, 0.1) is 19.3 Å². The van der Waals surface area contributed by atoms with Crippen LogP contribution in [0.5, 0.6) is 0 Å². The summed E-state index contributed by atoms with van der Waals surface area (Å²) in [5, 5.41) is 1.18. The van der Waals surface area contributed by atoms with E-state index < -0.39 is 0 Å². The van der Waals surface area contributed by atoms with Crippen LogP contribution in [-0.4, -0.2) is 19.9 Å². The molecule has 2 heterocycles. The second-order valence-corrected chi connectivity index (χ2v) is 5.55. The quantitative estimate of drug-likeness (QED) is 0.457. The Bertz CT molecular complexity index is 929. The van der Waals surface area contributed by atoms with E-state index in [1.807, 2.05) is 6.92 Å². The van der Waals surface area contributed by atoms with Crippen molar-refractivity contribution in [1.29, 1.82) is 0 Å². The number of H-pyrrole nitrogens is 1. The van der Waals surface area contributed by atoms with Gasteiger partial charge in [-0.05, 0) is 30.7 Å². The molecule has 0 aliphatic carbocycles. The molecule has 1 N–H and O–H groups in total. The van der Waals surface area contributed by atoms with E-state index in [4.69, 9.17) is 6.42 Å². The molecular formula is C16H12N4OS. The fourth-order valence-electron chi connectivity index (χ4n) is 2.11. The van der Waals surface area contributed by atoms with Crippen molar-refractivity contribution in [1.82, 2.24) is 19.9 Å². The van der Waals surface area contributed by atoms with E-state index in [-0.39, 0.29) is 5.56 Å². The minimum Gasteiger partial charge on any atom is -0.309 e. The molecule has 3 rings (SSSR count). The number of thioether (sulfide) groups is 1. The first-order valence-electron chi connectivity index (χ1n) is 6.58. The van der Waals surface area contributed by atoms with Crippen molar-refractivity contribution >= 4 is 22.7 Å². The fraction of sp³-hybridized carbons (Fsp3) is 0.125. The number of hydrogen-bond donors (Lipinski definition) is 1. The molecule has 0 saturated carbocycles. The molecule has 108 valence electrons. The molecule has 0 fully saturated rings. The Morgan fingerprint density at radius 3 is 2.82 bits per heavy atom. The minimum atomic E-state index is -0.166. The van der Waals surface area contributed by atoms with E-state index in [1.165, 1.54) is 11.8 Å². The summed E-state index contributed by atoms with van der Waals surface area (Å²) in [6.45, 7) is 1.88. The molecule has 0 unspecified atom stereocenters. The summed E-state index contributed by atoms with van der Waals surface area (Å²) >= 11 is 1.41. The van der Waals surface area contributed by atoms with Crippen LogP contribution in [0.1, 0.15) is 17.0 Å². The molecule has 3 aromatic rings. The SMILES string of the molecule is C#Cc1ccc2c(=O)[nH]c(CSc3ncccn3)nc2c1C. The molecule has 0 bridgehead atoms. The highest BCUT2D eigenvalue weighted by atomic mass is 32.2. The van der Waals surface area contributed by atoms with Crippen LogP contribution in [0.2, 0.25) is 0 Å². The maximum absolute atomic E-state index is 12.2. The monoisotopic (exact) mass is 308 g/mol. The van der Waals surface area contributed by atoms with Crippen LogP contribution in [0.3, 0.4) is 0 Å². The largest absolute Gasteiger partial charge is 0.309 e. The van der Waals surface area contributed by atoms with Gasteiger partial charge in [0.2, 0.25) is 0 Å². The second-order valence-electron chi connectivity index (χ2n) is 4.61. The van der Waals surface area contributed by atoms with Gasteiger partial charge in [0.25, 0.3) is 5.56 Å². The molecule has 0 amide bonds. The molecular weight excluding hydrogens is 296 g/mol. The number of rotatable bonds is 3. The van der Waals surface area contributed by atoms with Gasteiger partial charge in [0.05, 0.1) is 16.7 Å². The number of terminal acetylenes is 1. The molecule has 0 aliphatic heterocycles. The zero-order chi connectivity index (χ0) is 15.5. The van der Waals surface area contributed by atoms with Gasteiger partial charge in [-0.15, -0.1) is 6.42 Å². The molecule has 6 heteroatoms. The Balaban J connectivity index is 1.99. The molecule has 0 spiro atoms. The van der Waals surface area contributed by atoms with Crippen LogP contribution in [-0.2, 0) is 5.75 Å². The number of benzene rings is 1. The van der Waals surface area contributed by atoms with Gasteiger partial charge in [0.1, 0.15) is 5.82 Å². The van der Waals surface area contributed by atoms with Crippen molar-refractivity contribution in [2.75, 3.05) is 0 Å². The van der Waals surface area contributed by atoms with E-state index in [0.29, 0.717) is 27.6 Å². The normalized spacial score (nSPS) is 10.5. The standard InChI is InChI=1S/C16H12N4OS/c1-3-11-5-6-12-14(10(11)2)19-13(20-15(12)21)9-22-16-17-7-4-8-18-16/h1,4-8H,9H2,2H3,(H,19,20,21). The van der Waals surface area contributed by atoms with E-state index >= 15 is 0 Å². The first-order valence-corrected chi connectivity index (χ1v) is 7.56. The zero-order valence-corrected chi connectivity index (χ0v) is 12.6. The average molecular weight is 308 g/mol. The number of nitrogens with one attached hydrogen (secondary N) is 1. The Labute approximate surface area is 131 Å². The van der Waals surface area contributed by atoms with Gasteiger partial charge in [-0.3, -0.25) is 4.79 Å². The van der Waals surface area contributed by atoms with Crippen molar-refractivity contribution in [3.05, 3.63) is 57.9 Å². The molecule has 2 aromatic heterocycles. The third kappa shape index (κ3) is 2.71. The lowest BCUT2D eigenvalue weighted by Gasteiger charge is -2.06. The van der Waals surface area contributed by atoms with E-state index in [9.17, 15) is 4.79 Å². The van der Waals surface area contributed by atoms with Crippen molar-refractivity contribution < 1.29 is 0 Å². The van der Waals surface area contributed by atoms with Crippen LogP contribution in [0.15, 0.2) is 40.5 Å². The number of aromatic nitrogens is 4. The third-order valence-electron chi connectivity index (χ3n) is 3.22. The zero-order valence-electron chi connectivity index (χ0n) is 11.8. The predicted octanol–water partition coefficient (Wildman–Crippen LogP) is 2.30. The Kier molecular flexibility index (Phi) is 3.90. The van der Waals surface area contributed by atoms with Crippen LogP contribution in [0.4, 0.5) is 0 Å². The number of aromatic amines is 1. The number of fused-ring (bicyclic) bond motifs is 1. The van der Waals surface area contributed by atoms with Crippen molar-refractivity contribution in [3.63, 3.8) is 0 Å². The van der Waals surface area contributed by atoms with E-state index in [1.54, 1.807) is 30.6 Å². The highest BCUT2D eigenvalue weighted by Gasteiger charge is 2.09. The van der Waals surface area contributed by atoms with Crippen LogP contribution >= 0.6 is 11.8 Å². The smallest absolute Gasteiger partial charge is 0.258 e. The lowest BCUT2D eigenvalue weighted by atomic mass is 10.1. The maximum Gasteiger partial charge on any atom is 0.258 e. The molecule has 0 radical (unpaired) electrons. The summed E-state index contributed by atoms with van der Waals surface area (Å²) in [4.78, 5) is 27.8. The number of nitrogens with zero attached hydrogens (tertiary/aromatic N) is 3. The highest BCUT2D eigenvalue weighted by molar-refractivity contribution is 7.98. The molecule has 0 aliphatic rings. The molecule has 1 aromatic carbocycles. The predicted molar refractivity (Wildman–Crippen MR) is 86.6 cm³/mol. The third-order valence-corrected chi connectivity index (χ3v) is 4.10. The summed E-state index contributed by atoms with van der Waals surface area (Å²) in [6, 6.07) is 5.23. The molecule has 22 heavy (non-hydrogen) atoms. The maximum atomic E-state index is 12.2. The Morgan fingerprint density at radius 1 is 1.32 bits per heavy atom. The summed E-state index contributed by atoms with van der Waals surface area (Å²) in [6.07, 6.45) is 8.82. The van der Waals surface area contributed by atoms with Gasteiger partial charge in [0, 0.05) is 18.0 Å². The van der Waals surface area contributed by atoms with Crippen molar-refractivity contribution in [3.8, 4) is 12.3 Å². The minimum absolute atomic E-state index is 0.166. The van der Waals surface area contributed by atoms with Gasteiger partial charge in [-0.2, -0.15) is 0 Å². The second kappa shape index (κ2) is 6.00. The fourth-order valence-corrected chi connectivity index (χ4v) is 2.78. The first-order chi connectivity index (χ1) is 10.7. The van der Waals surface area contributed by atoms with E-state index in [0.717, 1.165) is 11.1 Å². The van der Waals surface area contributed by atoms with Gasteiger partial charge in [-0.25, -0.2) is 15.0 Å². The highest BCUT2D eigenvalue weighted by Crippen LogP contribution is 2.20. The molecule has 0 saturated heterocycles. The van der Waals surface area contributed by atoms with Gasteiger partial charge in [-0.1, -0.05) is 17.7 Å². The Hall–Kier alpha value is -2.65. The topological polar surface area (TPSA) is 71.5 Å².